The molecule has 0 aliphatic rings. The average Bonchev–Trinajstić information content (AvgIpc) is 2.67. The van der Waals surface area contributed by atoms with Crippen LogP contribution >= 0.6 is 23.8 Å². The van der Waals surface area contributed by atoms with Crippen LogP contribution < -0.4 is 10.6 Å². The van der Waals surface area contributed by atoms with E-state index in [4.69, 9.17) is 18.0 Å². The van der Waals surface area contributed by atoms with E-state index in [9.17, 15) is 0 Å². The zero-order valence-corrected chi connectivity index (χ0v) is 12.5. The van der Waals surface area contributed by atoms with Crippen LogP contribution in [0.4, 0.5) is 5.13 Å². The highest BCUT2D eigenvalue weighted by Gasteiger charge is 2.21. The molecular weight excluding hydrogens is 252 g/mol. The second-order valence-electron chi connectivity index (χ2n) is 4.95. The van der Waals surface area contributed by atoms with Crippen molar-refractivity contribution in [2.45, 2.75) is 39.5 Å². The molecule has 0 aliphatic heterocycles. The molecule has 0 saturated carbocycles. The summed E-state index contributed by atoms with van der Waals surface area (Å²) in [5, 5.41) is 0.952. The largest absolute Gasteiger partial charge is 0.393 e. The molecule has 0 amide bonds. The van der Waals surface area contributed by atoms with Gasteiger partial charge in [-0.05, 0) is 6.92 Å². The molecule has 0 radical (unpaired) electrons. The number of rotatable bonds is 5. The van der Waals surface area contributed by atoms with Gasteiger partial charge in [0.25, 0.3) is 0 Å². The topological polar surface area (TPSA) is 55.0 Å². The number of nitrogens with zero attached hydrogens (tertiary/aromatic N) is 3. The number of aromatic nitrogens is 2. The third-order valence-corrected chi connectivity index (χ3v) is 3.35. The molecule has 0 atom stereocenters. The van der Waals surface area contributed by atoms with Crippen LogP contribution in [0.25, 0.3) is 0 Å². The molecule has 1 rings (SSSR count). The molecule has 1 aromatic rings. The summed E-state index contributed by atoms with van der Waals surface area (Å²) < 4.78 is 4.41. The molecule has 2 N–H and O–H groups in total. The maximum atomic E-state index is 5.52. The van der Waals surface area contributed by atoms with Gasteiger partial charge in [0.2, 0.25) is 5.13 Å². The number of anilines is 1. The normalized spacial score (nSPS) is 11.5. The highest BCUT2D eigenvalue weighted by molar-refractivity contribution is 7.80. The van der Waals surface area contributed by atoms with Gasteiger partial charge in [-0.15, -0.1) is 0 Å². The van der Waals surface area contributed by atoms with Crippen molar-refractivity contribution in [1.82, 2.24) is 9.36 Å². The fourth-order valence-corrected chi connectivity index (χ4v) is 2.32. The molecule has 96 valence electrons. The molecule has 17 heavy (non-hydrogen) atoms. The van der Waals surface area contributed by atoms with Crippen LogP contribution in [-0.4, -0.2) is 27.4 Å². The monoisotopic (exact) mass is 272 g/mol. The molecule has 0 unspecified atom stereocenters. The zero-order chi connectivity index (χ0) is 13.1. The summed E-state index contributed by atoms with van der Waals surface area (Å²) in [7, 11) is 0. The zero-order valence-electron chi connectivity index (χ0n) is 10.9. The Kier molecular flexibility index (Phi) is 4.82. The highest BCUT2D eigenvalue weighted by atomic mass is 32.1. The van der Waals surface area contributed by atoms with Gasteiger partial charge in [-0.25, -0.2) is 4.98 Å². The fraction of sp³-hybridized carbons (Fsp3) is 0.727. The van der Waals surface area contributed by atoms with Gasteiger partial charge in [0.1, 0.15) is 5.82 Å². The number of nitrogens with two attached hydrogens (primary N) is 1. The minimum absolute atomic E-state index is 0.00265. The highest BCUT2D eigenvalue weighted by Crippen LogP contribution is 2.25. The first-order valence-corrected chi connectivity index (χ1v) is 6.90. The summed E-state index contributed by atoms with van der Waals surface area (Å²) >= 11 is 6.34. The van der Waals surface area contributed by atoms with E-state index in [-0.39, 0.29) is 5.41 Å². The number of thiocarbonyl (C=S) groups is 1. The van der Waals surface area contributed by atoms with E-state index in [2.05, 4.69) is 42.0 Å². The van der Waals surface area contributed by atoms with E-state index in [1.807, 2.05) is 0 Å². The standard InChI is InChI=1S/C11H20N4S2/c1-5-15(7-6-8(12)16)10-13-9(14-17-10)11(2,3)4/h5-7H2,1-4H3,(H2,12,16). The van der Waals surface area contributed by atoms with Crippen LogP contribution in [0.3, 0.4) is 0 Å². The average molecular weight is 272 g/mol. The van der Waals surface area contributed by atoms with Gasteiger partial charge >= 0.3 is 0 Å². The quantitative estimate of drug-likeness (QED) is 0.834. The van der Waals surface area contributed by atoms with Crippen LogP contribution in [0.1, 0.15) is 39.9 Å². The molecular formula is C11H20N4S2. The van der Waals surface area contributed by atoms with E-state index < -0.39 is 0 Å². The van der Waals surface area contributed by atoms with Crippen molar-refractivity contribution in [3.05, 3.63) is 5.82 Å². The van der Waals surface area contributed by atoms with Crippen molar-refractivity contribution in [2.24, 2.45) is 5.73 Å². The van der Waals surface area contributed by atoms with Crippen molar-refractivity contribution in [3.63, 3.8) is 0 Å². The summed E-state index contributed by atoms with van der Waals surface area (Å²) in [4.78, 5) is 7.28. The van der Waals surface area contributed by atoms with Crippen LogP contribution in [-0.2, 0) is 5.41 Å². The van der Waals surface area contributed by atoms with Crippen LogP contribution in [0.15, 0.2) is 0 Å². The first-order valence-electron chi connectivity index (χ1n) is 5.72. The van der Waals surface area contributed by atoms with E-state index in [0.717, 1.165) is 24.0 Å². The second kappa shape index (κ2) is 5.73. The molecule has 0 saturated heterocycles. The fourth-order valence-electron chi connectivity index (χ4n) is 1.28. The molecule has 1 heterocycles. The van der Waals surface area contributed by atoms with E-state index in [0.29, 0.717) is 11.4 Å². The lowest BCUT2D eigenvalue weighted by molar-refractivity contribution is 0.554. The van der Waals surface area contributed by atoms with Gasteiger partial charge in [-0.3, -0.25) is 0 Å². The predicted octanol–water partition coefficient (Wildman–Crippen LogP) is 2.34. The molecule has 0 aromatic carbocycles. The van der Waals surface area contributed by atoms with Gasteiger partial charge in [-0.1, -0.05) is 33.0 Å². The minimum Gasteiger partial charge on any atom is -0.393 e. The minimum atomic E-state index is -0.00265. The maximum Gasteiger partial charge on any atom is 0.205 e. The van der Waals surface area contributed by atoms with E-state index >= 15 is 0 Å². The Labute approximate surface area is 112 Å². The Bertz CT molecular complexity index is 381. The first kappa shape index (κ1) is 14.3. The molecule has 1 aromatic heterocycles. The molecule has 0 bridgehead atoms. The maximum absolute atomic E-state index is 5.52. The Morgan fingerprint density at radius 2 is 2.12 bits per heavy atom. The summed E-state index contributed by atoms with van der Waals surface area (Å²) in [6, 6.07) is 0. The van der Waals surface area contributed by atoms with Crippen LogP contribution in [0, 0.1) is 0 Å². The van der Waals surface area contributed by atoms with Gasteiger partial charge in [0.05, 0.1) is 4.99 Å². The van der Waals surface area contributed by atoms with Crippen LogP contribution in [0.2, 0.25) is 0 Å². The molecule has 6 heteroatoms. The lowest BCUT2D eigenvalue weighted by atomic mass is 9.96. The third-order valence-electron chi connectivity index (χ3n) is 2.37. The Morgan fingerprint density at radius 3 is 2.53 bits per heavy atom. The first-order chi connectivity index (χ1) is 7.84. The Hall–Kier alpha value is -0.750. The lowest BCUT2D eigenvalue weighted by Gasteiger charge is -2.19. The summed E-state index contributed by atoms with van der Waals surface area (Å²) in [6.07, 6.45) is 0.716. The summed E-state index contributed by atoms with van der Waals surface area (Å²) in [5.74, 6) is 0.895. The smallest absolute Gasteiger partial charge is 0.205 e. The van der Waals surface area contributed by atoms with Crippen molar-refractivity contribution in [1.29, 1.82) is 0 Å². The third kappa shape index (κ3) is 4.20. The number of hydrogen-bond donors (Lipinski definition) is 1. The molecule has 0 aliphatic carbocycles. The van der Waals surface area contributed by atoms with Gasteiger partial charge in [0.15, 0.2) is 0 Å². The van der Waals surface area contributed by atoms with Crippen molar-refractivity contribution in [2.75, 3.05) is 18.0 Å². The summed E-state index contributed by atoms with van der Waals surface area (Å²) in [5.41, 5.74) is 5.52. The lowest BCUT2D eigenvalue weighted by Crippen LogP contribution is -2.27. The predicted molar refractivity (Wildman–Crippen MR) is 77.9 cm³/mol. The number of hydrogen-bond acceptors (Lipinski definition) is 5. The van der Waals surface area contributed by atoms with Crippen molar-refractivity contribution < 1.29 is 0 Å². The van der Waals surface area contributed by atoms with Gasteiger partial charge < -0.3 is 10.6 Å². The van der Waals surface area contributed by atoms with Gasteiger partial charge in [0, 0.05) is 36.5 Å². The molecule has 0 spiro atoms. The molecule has 4 nitrogen and oxygen atoms in total. The Balaban J connectivity index is 2.76. The molecule has 0 fully saturated rings. The van der Waals surface area contributed by atoms with Crippen molar-refractivity contribution >= 4 is 33.9 Å². The van der Waals surface area contributed by atoms with E-state index in [1.165, 1.54) is 11.5 Å². The van der Waals surface area contributed by atoms with Crippen molar-refractivity contribution in [3.8, 4) is 0 Å². The second-order valence-corrected chi connectivity index (χ2v) is 6.20. The Morgan fingerprint density at radius 1 is 1.47 bits per heavy atom. The van der Waals surface area contributed by atoms with Crippen LogP contribution in [0.5, 0.6) is 0 Å². The summed E-state index contributed by atoms with van der Waals surface area (Å²) in [6.45, 7) is 10.1. The van der Waals surface area contributed by atoms with E-state index in [1.54, 1.807) is 0 Å². The SMILES string of the molecule is CCN(CCC(N)=S)c1nc(C(C)(C)C)ns1. The van der Waals surface area contributed by atoms with Gasteiger partial charge in [-0.2, -0.15) is 4.37 Å².